The van der Waals surface area contributed by atoms with E-state index in [1.807, 2.05) is 6.92 Å². The maximum absolute atomic E-state index is 12.1. The minimum absolute atomic E-state index is 0.138. The lowest BCUT2D eigenvalue weighted by atomic mass is 10.2. The SMILES string of the molecule is CCCNCc1cc(S(=O)(=O)NCC(C)COC)c[nH]1. The fourth-order valence-electron chi connectivity index (χ4n) is 1.75. The van der Waals surface area contributed by atoms with Gasteiger partial charge in [-0.2, -0.15) is 0 Å². The number of hydrogen-bond acceptors (Lipinski definition) is 4. The van der Waals surface area contributed by atoms with Crippen molar-refractivity contribution in [2.45, 2.75) is 31.7 Å². The standard InChI is InChI=1S/C13H25N3O3S/c1-4-5-14-8-12-6-13(9-15-12)20(17,18)16-7-11(2)10-19-3/h6,9,11,14-16H,4-5,7-8,10H2,1-3H3. The van der Waals surface area contributed by atoms with Crippen LogP contribution in [0.2, 0.25) is 0 Å². The quantitative estimate of drug-likeness (QED) is 0.565. The van der Waals surface area contributed by atoms with Crippen LogP contribution in [0.25, 0.3) is 0 Å². The number of nitrogens with one attached hydrogen (secondary N) is 3. The van der Waals surface area contributed by atoms with Crippen molar-refractivity contribution < 1.29 is 13.2 Å². The molecule has 0 amide bonds. The van der Waals surface area contributed by atoms with Crippen LogP contribution in [0.15, 0.2) is 17.2 Å². The van der Waals surface area contributed by atoms with E-state index in [1.165, 1.54) is 6.20 Å². The summed E-state index contributed by atoms with van der Waals surface area (Å²) in [5.74, 6) is 0.138. The van der Waals surface area contributed by atoms with Crippen molar-refractivity contribution in [2.75, 3.05) is 26.8 Å². The normalized spacial score (nSPS) is 13.6. The van der Waals surface area contributed by atoms with Gasteiger partial charge in [-0.05, 0) is 24.9 Å². The van der Waals surface area contributed by atoms with E-state index in [-0.39, 0.29) is 10.8 Å². The molecule has 1 aromatic heterocycles. The molecule has 1 unspecified atom stereocenters. The lowest BCUT2D eigenvalue weighted by molar-refractivity contribution is 0.161. The number of aromatic amines is 1. The fraction of sp³-hybridized carbons (Fsp3) is 0.692. The highest BCUT2D eigenvalue weighted by molar-refractivity contribution is 7.89. The molecule has 0 aliphatic heterocycles. The first-order valence-corrected chi connectivity index (χ1v) is 8.34. The van der Waals surface area contributed by atoms with Gasteiger partial charge in [-0.1, -0.05) is 13.8 Å². The molecule has 0 fully saturated rings. The summed E-state index contributed by atoms with van der Waals surface area (Å²) in [6.07, 6.45) is 2.57. The second-order valence-corrected chi connectivity index (χ2v) is 6.72. The average Bonchev–Trinajstić information content (AvgIpc) is 2.87. The topological polar surface area (TPSA) is 83.2 Å². The average molecular weight is 303 g/mol. The molecule has 0 saturated carbocycles. The minimum atomic E-state index is -3.45. The van der Waals surface area contributed by atoms with Crippen molar-refractivity contribution >= 4 is 10.0 Å². The molecule has 116 valence electrons. The molecular weight excluding hydrogens is 278 g/mol. The van der Waals surface area contributed by atoms with E-state index in [9.17, 15) is 8.42 Å². The Balaban J connectivity index is 2.54. The van der Waals surface area contributed by atoms with Crippen molar-refractivity contribution in [3.05, 3.63) is 18.0 Å². The summed E-state index contributed by atoms with van der Waals surface area (Å²) in [6, 6.07) is 1.66. The third-order valence-electron chi connectivity index (χ3n) is 2.84. The Morgan fingerprint density at radius 1 is 1.45 bits per heavy atom. The molecule has 0 aromatic carbocycles. The van der Waals surface area contributed by atoms with Crippen LogP contribution in [0.5, 0.6) is 0 Å². The molecule has 0 saturated heterocycles. The second-order valence-electron chi connectivity index (χ2n) is 4.95. The molecule has 3 N–H and O–H groups in total. The van der Waals surface area contributed by atoms with Gasteiger partial charge in [-0.25, -0.2) is 13.1 Å². The van der Waals surface area contributed by atoms with Crippen molar-refractivity contribution in [3.8, 4) is 0 Å². The van der Waals surface area contributed by atoms with Crippen molar-refractivity contribution in [2.24, 2.45) is 5.92 Å². The first-order valence-electron chi connectivity index (χ1n) is 6.86. The van der Waals surface area contributed by atoms with Crippen molar-refractivity contribution in [3.63, 3.8) is 0 Å². The molecule has 1 aromatic rings. The molecule has 1 heterocycles. The Kier molecular flexibility index (Phi) is 7.22. The van der Waals surface area contributed by atoms with Crippen LogP contribution in [0, 0.1) is 5.92 Å². The van der Waals surface area contributed by atoms with Crippen LogP contribution in [0.3, 0.4) is 0 Å². The lowest BCUT2D eigenvalue weighted by Gasteiger charge is -2.11. The van der Waals surface area contributed by atoms with E-state index in [0.717, 1.165) is 18.7 Å². The largest absolute Gasteiger partial charge is 0.384 e. The lowest BCUT2D eigenvalue weighted by Crippen LogP contribution is -2.29. The molecule has 0 aliphatic rings. The molecular formula is C13H25N3O3S. The van der Waals surface area contributed by atoms with Crippen LogP contribution in [-0.2, 0) is 21.3 Å². The number of aromatic nitrogens is 1. The zero-order chi connectivity index (χ0) is 15.0. The fourth-order valence-corrected chi connectivity index (χ4v) is 2.94. The van der Waals surface area contributed by atoms with Gasteiger partial charge in [0.2, 0.25) is 10.0 Å². The van der Waals surface area contributed by atoms with E-state index in [2.05, 4.69) is 21.9 Å². The predicted octanol–water partition coefficient (Wildman–Crippen LogP) is 1.08. The summed E-state index contributed by atoms with van der Waals surface area (Å²) in [5, 5.41) is 3.22. The zero-order valence-corrected chi connectivity index (χ0v) is 13.2. The molecule has 7 heteroatoms. The number of ether oxygens (including phenoxy) is 1. The highest BCUT2D eigenvalue weighted by Crippen LogP contribution is 2.11. The van der Waals surface area contributed by atoms with E-state index in [4.69, 9.17) is 4.74 Å². The highest BCUT2D eigenvalue weighted by Gasteiger charge is 2.16. The van der Waals surface area contributed by atoms with Crippen LogP contribution in [-0.4, -0.2) is 40.2 Å². The smallest absolute Gasteiger partial charge is 0.242 e. The molecule has 6 nitrogen and oxygen atoms in total. The Morgan fingerprint density at radius 2 is 2.20 bits per heavy atom. The number of rotatable bonds is 10. The third-order valence-corrected chi connectivity index (χ3v) is 4.24. The van der Waals surface area contributed by atoms with Gasteiger partial charge in [-0.3, -0.25) is 0 Å². The maximum atomic E-state index is 12.1. The van der Waals surface area contributed by atoms with E-state index < -0.39 is 10.0 Å². The molecule has 0 spiro atoms. The Labute approximate surface area is 121 Å². The van der Waals surface area contributed by atoms with Crippen LogP contribution in [0.1, 0.15) is 26.0 Å². The summed E-state index contributed by atoms with van der Waals surface area (Å²) < 4.78 is 31.8. The Morgan fingerprint density at radius 3 is 2.85 bits per heavy atom. The highest BCUT2D eigenvalue weighted by atomic mass is 32.2. The van der Waals surface area contributed by atoms with E-state index in [0.29, 0.717) is 19.7 Å². The molecule has 0 bridgehead atoms. The van der Waals surface area contributed by atoms with Gasteiger partial charge in [0.05, 0.1) is 4.90 Å². The first-order chi connectivity index (χ1) is 9.49. The second kappa shape index (κ2) is 8.41. The van der Waals surface area contributed by atoms with Gasteiger partial charge < -0.3 is 15.0 Å². The Hall–Kier alpha value is -0.890. The van der Waals surface area contributed by atoms with Gasteiger partial charge >= 0.3 is 0 Å². The molecule has 1 atom stereocenters. The van der Waals surface area contributed by atoms with Crippen molar-refractivity contribution in [1.82, 2.24) is 15.0 Å². The molecule has 0 aliphatic carbocycles. The summed E-state index contributed by atoms with van der Waals surface area (Å²) in [6.45, 7) is 6.47. The summed E-state index contributed by atoms with van der Waals surface area (Å²) in [4.78, 5) is 3.25. The molecule has 0 radical (unpaired) electrons. The zero-order valence-electron chi connectivity index (χ0n) is 12.4. The van der Waals surface area contributed by atoms with E-state index in [1.54, 1.807) is 13.2 Å². The molecule has 20 heavy (non-hydrogen) atoms. The number of H-pyrrole nitrogens is 1. The van der Waals surface area contributed by atoms with Crippen LogP contribution in [0.4, 0.5) is 0 Å². The predicted molar refractivity (Wildman–Crippen MR) is 79.0 cm³/mol. The third kappa shape index (κ3) is 5.62. The number of sulfonamides is 1. The first kappa shape index (κ1) is 17.2. The number of methoxy groups -OCH3 is 1. The van der Waals surface area contributed by atoms with Gasteiger partial charge in [0, 0.05) is 38.7 Å². The number of hydrogen-bond donors (Lipinski definition) is 3. The van der Waals surface area contributed by atoms with Crippen LogP contribution >= 0.6 is 0 Å². The van der Waals surface area contributed by atoms with Crippen molar-refractivity contribution in [1.29, 1.82) is 0 Å². The van der Waals surface area contributed by atoms with Gasteiger partial charge in [0.1, 0.15) is 0 Å². The summed E-state index contributed by atoms with van der Waals surface area (Å²) in [7, 11) is -1.84. The monoisotopic (exact) mass is 303 g/mol. The minimum Gasteiger partial charge on any atom is -0.384 e. The Bertz CT molecular complexity index is 485. The summed E-state index contributed by atoms with van der Waals surface area (Å²) >= 11 is 0. The van der Waals surface area contributed by atoms with Gasteiger partial charge in [-0.15, -0.1) is 0 Å². The van der Waals surface area contributed by atoms with Crippen LogP contribution < -0.4 is 10.0 Å². The van der Waals surface area contributed by atoms with Gasteiger partial charge in [0.25, 0.3) is 0 Å². The maximum Gasteiger partial charge on any atom is 0.242 e. The molecule has 1 rings (SSSR count). The van der Waals surface area contributed by atoms with E-state index >= 15 is 0 Å². The summed E-state index contributed by atoms with van der Waals surface area (Å²) in [5.41, 5.74) is 0.865. The van der Waals surface area contributed by atoms with Gasteiger partial charge in [0.15, 0.2) is 0 Å².